The van der Waals surface area contributed by atoms with Crippen molar-refractivity contribution in [1.29, 1.82) is 0 Å². The minimum Gasteiger partial charge on any atom is -0.388 e. The Bertz CT molecular complexity index is 554. The van der Waals surface area contributed by atoms with Gasteiger partial charge in [-0.3, -0.25) is 4.79 Å². The number of allylic oxidation sites excluding steroid dienone is 1. The minimum atomic E-state index is -0.414. The van der Waals surface area contributed by atoms with Crippen LogP contribution in [0.5, 0.6) is 0 Å². The van der Waals surface area contributed by atoms with Crippen molar-refractivity contribution in [2.45, 2.75) is 64.9 Å². The molecular formula is C21H32N2O2. The van der Waals surface area contributed by atoms with Gasteiger partial charge in [0.15, 0.2) is 0 Å². The molecule has 0 radical (unpaired) electrons. The summed E-state index contributed by atoms with van der Waals surface area (Å²) in [5.74, 6) is 0.139. The second-order valence-corrected chi connectivity index (χ2v) is 6.73. The number of hydrogen-bond donors (Lipinski definition) is 1. The maximum absolute atomic E-state index is 12.3. The maximum Gasteiger partial charge on any atom is 0.242 e. The third kappa shape index (κ3) is 5.68. The Morgan fingerprint density at radius 3 is 2.56 bits per heavy atom. The fraction of sp³-hybridized carbons (Fsp3) is 0.571. The standard InChI is InChI=1S/C21H32N2O2/c1-3-5-7-9-16-22-17-15-21(25)23(22)19-13-11-18(12-14-19)20(24)10-8-6-4-2/h7,9,11-14,20,24H,3-6,8,10,15-17H2,1-2H3/b9-7-. The van der Waals surface area contributed by atoms with Gasteiger partial charge < -0.3 is 5.11 Å². The van der Waals surface area contributed by atoms with Crippen LogP contribution in [0.3, 0.4) is 0 Å². The van der Waals surface area contributed by atoms with Gasteiger partial charge in [-0.1, -0.05) is 63.8 Å². The van der Waals surface area contributed by atoms with Crippen molar-refractivity contribution >= 4 is 11.6 Å². The van der Waals surface area contributed by atoms with E-state index in [2.05, 4.69) is 31.0 Å². The molecule has 138 valence electrons. The third-order valence-corrected chi connectivity index (χ3v) is 4.64. The SMILES string of the molecule is CCC/C=C\CN1CCC(=O)N1c1ccc(C(O)CCCCC)cc1. The molecule has 4 heteroatoms. The van der Waals surface area contributed by atoms with Crippen LogP contribution < -0.4 is 5.01 Å². The van der Waals surface area contributed by atoms with E-state index >= 15 is 0 Å². The highest BCUT2D eigenvalue weighted by molar-refractivity contribution is 5.94. The van der Waals surface area contributed by atoms with Gasteiger partial charge in [-0.15, -0.1) is 0 Å². The van der Waals surface area contributed by atoms with E-state index in [1.54, 1.807) is 5.01 Å². The van der Waals surface area contributed by atoms with Crippen molar-refractivity contribution in [2.75, 3.05) is 18.1 Å². The highest BCUT2D eigenvalue weighted by Crippen LogP contribution is 2.26. The van der Waals surface area contributed by atoms with Gasteiger partial charge >= 0.3 is 0 Å². The molecule has 1 saturated heterocycles. The van der Waals surface area contributed by atoms with Gasteiger partial charge in [0.25, 0.3) is 0 Å². The Balaban J connectivity index is 1.99. The minimum absolute atomic E-state index is 0.139. The zero-order chi connectivity index (χ0) is 18.1. The average molecular weight is 344 g/mol. The predicted octanol–water partition coefficient (Wildman–Crippen LogP) is 4.61. The quantitative estimate of drug-likeness (QED) is 0.498. The number of carbonyl (C=O) groups excluding carboxylic acids is 1. The first-order valence-electron chi connectivity index (χ1n) is 9.68. The van der Waals surface area contributed by atoms with Crippen molar-refractivity contribution in [3.8, 4) is 0 Å². The van der Waals surface area contributed by atoms with Crippen molar-refractivity contribution in [2.24, 2.45) is 0 Å². The number of hydrazine groups is 1. The second kappa shape index (κ2) is 10.4. The number of aliphatic hydroxyl groups is 1. The average Bonchev–Trinajstić information content (AvgIpc) is 2.99. The number of rotatable bonds is 10. The lowest BCUT2D eigenvalue weighted by atomic mass is 10.0. The highest BCUT2D eigenvalue weighted by Gasteiger charge is 2.29. The molecule has 0 aromatic heterocycles. The van der Waals surface area contributed by atoms with Crippen LogP contribution in [0, 0.1) is 0 Å². The number of aliphatic hydroxyl groups excluding tert-OH is 1. The van der Waals surface area contributed by atoms with Crippen molar-refractivity contribution in [1.82, 2.24) is 5.01 Å². The molecule has 1 amide bonds. The topological polar surface area (TPSA) is 43.8 Å². The number of benzene rings is 1. The van der Waals surface area contributed by atoms with Crippen molar-refractivity contribution in [3.05, 3.63) is 42.0 Å². The van der Waals surface area contributed by atoms with Gasteiger partial charge in [-0.25, -0.2) is 10.0 Å². The molecule has 0 spiro atoms. The van der Waals surface area contributed by atoms with Crippen LogP contribution in [-0.2, 0) is 4.79 Å². The van der Waals surface area contributed by atoms with Gasteiger partial charge in [0, 0.05) is 19.5 Å². The van der Waals surface area contributed by atoms with E-state index in [0.717, 1.165) is 62.9 Å². The van der Waals surface area contributed by atoms with Crippen LogP contribution in [0.2, 0.25) is 0 Å². The number of amides is 1. The summed E-state index contributed by atoms with van der Waals surface area (Å²) >= 11 is 0. The third-order valence-electron chi connectivity index (χ3n) is 4.64. The fourth-order valence-corrected chi connectivity index (χ4v) is 3.14. The molecule has 0 bridgehead atoms. The van der Waals surface area contributed by atoms with Gasteiger partial charge in [0.05, 0.1) is 11.8 Å². The van der Waals surface area contributed by atoms with E-state index in [-0.39, 0.29) is 5.91 Å². The normalized spacial score (nSPS) is 16.9. The van der Waals surface area contributed by atoms with E-state index in [9.17, 15) is 9.90 Å². The molecule has 1 atom stereocenters. The van der Waals surface area contributed by atoms with E-state index in [0.29, 0.717) is 6.42 Å². The van der Waals surface area contributed by atoms with Crippen LogP contribution in [0.25, 0.3) is 0 Å². The van der Waals surface area contributed by atoms with Gasteiger partial charge in [0.2, 0.25) is 5.91 Å². The maximum atomic E-state index is 12.3. The Labute approximate surface area is 152 Å². The molecule has 1 heterocycles. The zero-order valence-corrected chi connectivity index (χ0v) is 15.7. The largest absolute Gasteiger partial charge is 0.388 e. The zero-order valence-electron chi connectivity index (χ0n) is 15.7. The molecule has 25 heavy (non-hydrogen) atoms. The van der Waals surface area contributed by atoms with E-state index in [1.807, 2.05) is 24.3 Å². The highest BCUT2D eigenvalue weighted by atomic mass is 16.3. The molecule has 1 fully saturated rings. The van der Waals surface area contributed by atoms with Crippen LogP contribution in [0.15, 0.2) is 36.4 Å². The summed E-state index contributed by atoms with van der Waals surface area (Å²) in [6.07, 6.45) is 10.8. The molecule has 1 unspecified atom stereocenters. The molecule has 2 rings (SSSR count). The summed E-state index contributed by atoms with van der Waals surface area (Å²) in [4.78, 5) is 12.3. The molecular weight excluding hydrogens is 312 g/mol. The Hall–Kier alpha value is -1.65. The number of carbonyl (C=O) groups is 1. The monoisotopic (exact) mass is 344 g/mol. The number of unbranched alkanes of at least 4 members (excludes halogenated alkanes) is 3. The first-order chi connectivity index (χ1) is 12.2. The van der Waals surface area contributed by atoms with Crippen LogP contribution in [0.4, 0.5) is 5.69 Å². The number of anilines is 1. The lowest BCUT2D eigenvalue weighted by molar-refractivity contribution is -0.117. The summed E-state index contributed by atoms with van der Waals surface area (Å²) in [6.45, 7) is 5.84. The second-order valence-electron chi connectivity index (χ2n) is 6.73. The van der Waals surface area contributed by atoms with E-state index in [4.69, 9.17) is 0 Å². The van der Waals surface area contributed by atoms with Gasteiger partial charge in [-0.2, -0.15) is 0 Å². The van der Waals surface area contributed by atoms with Crippen LogP contribution >= 0.6 is 0 Å². The lowest BCUT2D eigenvalue weighted by Crippen LogP contribution is -2.39. The van der Waals surface area contributed by atoms with Gasteiger partial charge in [-0.05, 0) is 30.5 Å². The fourth-order valence-electron chi connectivity index (χ4n) is 3.14. The van der Waals surface area contributed by atoms with Crippen molar-refractivity contribution in [3.63, 3.8) is 0 Å². The van der Waals surface area contributed by atoms with E-state index in [1.165, 1.54) is 0 Å². The molecule has 1 N–H and O–H groups in total. The Morgan fingerprint density at radius 2 is 1.88 bits per heavy atom. The lowest BCUT2D eigenvalue weighted by Gasteiger charge is -2.27. The predicted molar refractivity (Wildman–Crippen MR) is 103 cm³/mol. The summed E-state index contributed by atoms with van der Waals surface area (Å²) in [5.41, 5.74) is 1.82. The summed E-state index contributed by atoms with van der Waals surface area (Å²) in [5, 5.41) is 14.1. The molecule has 4 nitrogen and oxygen atoms in total. The summed E-state index contributed by atoms with van der Waals surface area (Å²) < 4.78 is 0. The van der Waals surface area contributed by atoms with Crippen LogP contribution in [-0.4, -0.2) is 29.1 Å². The smallest absolute Gasteiger partial charge is 0.242 e. The van der Waals surface area contributed by atoms with Crippen LogP contribution in [0.1, 0.15) is 70.5 Å². The van der Waals surface area contributed by atoms with E-state index < -0.39 is 6.10 Å². The molecule has 0 saturated carbocycles. The molecule has 1 aromatic rings. The first kappa shape index (κ1) is 19.7. The first-order valence-corrected chi connectivity index (χ1v) is 9.68. The summed E-state index contributed by atoms with van der Waals surface area (Å²) in [7, 11) is 0. The number of nitrogens with zero attached hydrogens (tertiary/aromatic N) is 2. The Morgan fingerprint density at radius 1 is 1.12 bits per heavy atom. The molecule has 0 aliphatic carbocycles. The van der Waals surface area contributed by atoms with Crippen molar-refractivity contribution < 1.29 is 9.90 Å². The molecule has 1 aliphatic rings. The summed E-state index contributed by atoms with van der Waals surface area (Å²) in [6, 6.07) is 7.79. The number of hydrogen-bond acceptors (Lipinski definition) is 3. The Kier molecular flexibility index (Phi) is 8.16. The molecule has 1 aliphatic heterocycles. The van der Waals surface area contributed by atoms with Gasteiger partial charge in [0.1, 0.15) is 0 Å². The molecule has 1 aromatic carbocycles.